The summed E-state index contributed by atoms with van der Waals surface area (Å²) in [6.45, 7) is 6.40. The van der Waals surface area contributed by atoms with E-state index in [1.165, 1.54) is 0 Å². The lowest BCUT2D eigenvalue weighted by atomic mass is 9.82. The summed E-state index contributed by atoms with van der Waals surface area (Å²) >= 11 is 0. The number of terminal acetylenes is 1. The van der Waals surface area contributed by atoms with E-state index in [2.05, 4.69) is 24.8 Å². The van der Waals surface area contributed by atoms with Crippen molar-refractivity contribution in [3.05, 3.63) is 0 Å². The number of carbonyl (C=O) groups excluding carboxylic acids is 1. The van der Waals surface area contributed by atoms with Crippen molar-refractivity contribution in [3.63, 3.8) is 0 Å². The van der Waals surface area contributed by atoms with E-state index in [0.29, 0.717) is 11.3 Å². The zero-order chi connectivity index (χ0) is 14.3. The number of hydrogen-bond donors (Lipinski definition) is 1. The lowest BCUT2D eigenvalue weighted by Crippen LogP contribution is -2.56. The van der Waals surface area contributed by atoms with Gasteiger partial charge in [0, 0.05) is 0 Å². The van der Waals surface area contributed by atoms with Gasteiger partial charge in [-0.1, -0.05) is 26.2 Å². The number of aliphatic imine (C=N–C) groups is 1. The minimum atomic E-state index is -0.448. The fourth-order valence-corrected chi connectivity index (χ4v) is 3.33. The summed E-state index contributed by atoms with van der Waals surface area (Å²) in [4.78, 5) is 17.8. The molecule has 2 N–H and O–H groups in total. The molecule has 1 spiro atoms. The Hall–Kier alpha value is -1.50. The quantitative estimate of drug-likeness (QED) is 0.737. The predicted octanol–water partition coefficient (Wildman–Crippen LogP) is 2.53. The average molecular weight is 261 g/mol. The van der Waals surface area contributed by atoms with Crippen LogP contribution in [0.5, 0.6) is 0 Å². The van der Waals surface area contributed by atoms with Crippen LogP contribution in [0, 0.1) is 17.8 Å². The second-order valence-electron chi connectivity index (χ2n) is 6.54. The van der Waals surface area contributed by atoms with Crippen molar-refractivity contribution in [3.8, 4) is 12.3 Å². The van der Waals surface area contributed by atoms with Crippen LogP contribution in [0.2, 0.25) is 0 Å². The first-order chi connectivity index (χ1) is 8.82. The molecule has 2 unspecified atom stereocenters. The molecule has 0 radical (unpaired) electrons. The van der Waals surface area contributed by atoms with Crippen LogP contribution in [-0.2, 0) is 0 Å². The topological polar surface area (TPSA) is 58.7 Å². The maximum atomic E-state index is 12.1. The molecule has 1 aliphatic heterocycles. The number of carbonyl (C=O) groups is 1. The Balaban J connectivity index is 2.36. The molecule has 1 fully saturated rings. The van der Waals surface area contributed by atoms with E-state index in [-0.39, 0.29) is 12.1 Å². The number of amidine groups is 1. The van der Waals surface area contributed by atoms with E-state index < -0.39 is 5.54 Å². The molecule has 2 rings (SSSR count). The number of rotatable bonds is 1. The van der Waals surface area contributed by atoms with E-state index >= 15 is 0 Å². The maximum absolute atomic E-state index is 12.1. The third kappa shape index (κ3) is 2.22. The lowest BCUT2D eigenvalue weighted by molar-refractivity contribution is 0.145. The third-order valence-corrected chi connectivity index (χ3v) is 4.65. The van der Waals surface area contributed by atoms with Gasteiger partial charge in [-0.25, -0.2) is 4.79 Å². The van der Waals surface area contributed by atoms with Crippen LogP contribution < -0.4 is 5.73 Å². The highest BCUT2D eigenvalue weighted by Crippen LogP contribution is 2.43. The molecule has 2 atom stereocenters. The molecule has 104 valence electrons. The molecule has 0 saturated heterocycles. The van der Waals surface area contributed by atoms with E-state index in [0.717, 1.165) is 32.1 Å². The Morgan fingerprint density at radius 1 is 1.37 bits per heavy atom. The van der Waals surface area contributed by atoms with Crippen LogP contribution in [-0.4, -0.2) is 28.3 Å². The van der Waals surface area contributed by atoms with Gasteiger partial charge in [0.25, 0.3) is 0 Å². The monoisotopic (exact) mass is 261 g/mol. The van der Waals surface area contributed by atoms with Crippen LogP contribution >= 0.6 is 0 Å². The largest absolute Gasteiger partial charge is 0.385 e. The van der Waals surface area contributed by atoms with Crippen LogP contribution in [0.15, 0.2) is 4.99 Å². The summed E-state index contributed by atoms with van der Waals surface area (Å²) in [6, 6.07) is -0.541. The minimum absolute atomic E-state index is 0.265. The van der Waals surface area contributed by atoms with Crippen LogP contribution in [0.4, 0.5) is 4.79 Å². The second kappa shape index (κ2) is 4.56. The molecular weight excluding hydrogens is 238 g/mol. The van der Waals surface area contributed by atoms with Gasteiger partial charge in [0.2, 0.25) is 0 Å². The van der Waals surface area contributed by atoms with Crippen LogP contribution in [0.25, 0.3) is 0 Å². The normalized spacial score (nSPS) is 31.8. The molecule has 0 aromatic rings. The summed E-state index contributed by atoms with van der Waals surface area (Å²) in [7, 11) is 0. The van der Waals surface area contributed by atoms with Gasteiger partial charge in [-0.15, -0.1) is 6.42 Å². The van der Waals surface area contributed by atoms with Crippen LogP contribution in [0.1, 0.15) is 52.9 Å². The van der Waals surface area contributed by atoms with Crippen molar-refractivity contribution in [2.75, 3.05) is 0 Å². The van der Waals surface area contributed by atoms with Gasteiger partial charge in [0.15, 0.2) is 0 Å². The molecule has 0 bridgehead atoms. The number of nitrogens with zero attached hydrogens (tertiary/aromatic N) is 2. The number of hydrogen-bond acceptors (Lipinski definition) is 2. The van der Waals surface area contributed by atoms with Gasteiger partial charge in [-0.05, 0) is 38.0 Å². The van der Waals surface area contributed by atoms with Crippen molar-refractivity contribution < 1.29 is 4.79 Å². The van der Waals surface area contributed by atoms with Gasteiger partial charge >= 0.3 is 6.03 Å². The van der Waals surface area contributed by atoms with Crippen molar-refractivity contribution >= 4 is 11.9 Å². The Kier molecular flexibility index (Phi) is 3.34. The van der Waals surface area contributed by atoms with E-state index in [4.69, 9.17) is 12.2 Å². The van der Waals surface area contributed by atoms with Gasteiger partial charge in [-0.2, -0.15) is 4.99 Å². The Bertz CT molecular complexity index is 461. The lowest BCUT2D eigenvalue weighted by Gasteiger charge is -2.39. The van der Waals surface area contributed by atoms with E-state index in [1.54, 1.807) is 4.90 Å². The first kappa shape index (κ1) is 13.9. The first-order valence-electron chi connectivity index (χ1n) is 6.96. The number of urea groups is 1. The molecule has 4 heteroatoms. The number of amides is 2. The van der Waals surface area contributed by atoms with Crippen molar-refractivity contribution in [1.29, 1.82) is 0 Å². The second-order valence-corrected chi connectivity index (χ2v) is 6.54. The highest BCUT2D eigenvalue weighted by Gasteiger charge is 2.51. The molecule has 19 heavy (non-hydrogen) atoms. The summed E-state index contributed by atoms with van der Waals surface area (Å²) in [6.07, 6.45) is 10.5. The maximum Gasteiger partial charge on any atom is 0.347 e. The van der Waals surface area contributed by atoms with E-state index in [9.17, 15) is 4.79 Å². The Morgan fingerprint density at radius 3 is 2.68 bits per heavy atom. The first-order valence-corrected chi connectivity index (χ1v) is 6.96. The standard InChI is InChI=1S/C15H23N3O/c1-5-11(2)18-13(19)17-12(16)15(18)8-6-7-14(3,4)9-10-15/h1,11H,6-10H2,2-4H3,(H2,16,17,19). The molecule has 1 saturated carbocycles. The van der Waals surface area contributed by atoms with Gasteiger partial charge in [-0.3, -0.25) is 4.90 Å². The number of nitrogens with two attached hydrogens (primary N) is 1. The summed E-state index contributed by atoms with van der Waals surface area (Å²) in [5.41, 5.74) is 5.94. The van der Waals surface area contributed by atoms with Gasteiger partial charge < -0.3 is 5.73 Å². The molecule has 2 amide bonds. The van der Waals surface area contributed by atoms with Crippen molar-refractivity contribution in [1.82, 2.24) is 4.90 Å². The summed E-state index contributed by atoms with van der Waals surface area (Å²) in [5, 5.41) is 0. The smallest absolute Gasteiger partial charge is 0.347 e. The van der Waals surface area contributed by atoms with Crippen molar-refractivity contribution in [2.24, 2.45) is 16.1 Å². The third-order valence-electron chi connectivity index (χ3n) is 4.65. The summed E-state index contributed by atoms with van der Waals surface area (Å²) in [5.74, 6) is 3.10. The molecule has 0 aromatic heterocycles. The fraction of sp³-hybridized carbons (Fsp3) is 0.733. The molecule has 1 aliphatic carbocycles. The Labute approximate surface area is 115 Å². The molecule has 0 aromatic carbocycles. The highest BCUT2D eigenvalue weighted by atomic mass is 16.2. The zero-order valence-electron chi connectivity index (χ0n) is 12.1. The Morgan fingerprint density at radius 2 is 2.05 bits per heavy atom. The highest BCUT2D eigenvalue weighted by molar-refractivity contribution is 6.06. The molecule has 4 nitrogen and oxygen atoms in total. The fourth-order valence-electron chi connectivity index (χ4n) is 3.33. The van der Waals surface area contributed by atoms with Gasteiger partial charge in [0.1, 0.15) is 11.4 Å². The SMILES string of the molecule is C#CC(C)N1C(=O)N=C(N)C12CCCC(C)(C)CC2. The average Bonchev–Trinajstić information content (AvgIpc) is 2.46. The zero-order valence-corrected chi connectivity index (χ0v) is 12.1. The predicted molar refractivity (Wildman–Crippen MR) is 76.7 cm³/mol. The van der Waals surface area contributed by atoms with Crippen molar-refractivity contribution in [2.45, 2.75) is 64.5 Å². The van der Waals surface area contributed by atoms with Crippen LogP contribution in [0.3, 0.4) is 0 Å². The van der Waals surface area contributed by atoms with Gasteiger partial charge in [0.05, 0.1) is 6.04 Å². The molecular formula is C15H23N3O. The molecule has 1 heterocycles. The molecule has 2 aliphatic rings. The summed E-state index contributed by atoms with van der Waals surface area (Å²) < 4.78 is 0. The minimum Gasteiger partial charge on any atom is -0.385 e. The van der Waals surface area contributed by atoms with E-state index in [1.807, 2.05) is 6.92 Å².